The van der Waals surface area contributed by atoms with Crippen molar-refractivity contribution in [2.45, 2.75) is 134 Å². The van der Waals surface area contributed by atoms with Gasteiger partial charge in [0.2, 0.25) is 0 Å². The molecule has 1 saturated heterocycles. The predicted octanol–water partition coefficient (Wildman–Crippen LogP) is 4.53. The van der Waals surface area contributed by atoms with Crippen molar-refractivity contribution >= 4 is 5.91 Å². The molecule has 0 aliphatic carbocycles. The molecule has 0 aromatic carbocycles. The Kier molecular flexibility index (Phi) is 17.3. The maximum absolute atomic E-state index is 12.6. The second kappa shape index (κ2) is 19.0. The molecule has 10 heteroatoms. The van der Waals surface area contributed by atoms with Crippen LogP contribution in [0.4, 0.5) is 13.2 Å². The lowest BCUT2D eigenvalue weighted by atomic mass is 9.97. The Bertz CT molecular complexity index is 605. The number of carbonyl (C=O) groups excluding carboxylic acids is 1. The lowest BCUT2D eigenvalue weighted by Gasteiger charge is -2.42. The molecule has 1 amide bonds. The summed E-state index contributed by atoms with van der Waals surface area (Å²) >= 11 is 0. The minimum Gasteiger partial charge on any atom is -0.394 e. The van der Waals surface area contributed by atoms with E-state index in [0.717, 1.165) is 44.9 Å². The average molecular weight is 526 g/mol. The largest absolute Gasteiger partial charge is 0.471 e. The summed E-state index contributed by atoms with van der Waals surface area (Å²) in [5, 5.41) is 31.0. The molecule has 0 bridgehead atoms. The Morgan fingerprint density at radius 3 is 1.94 bits per heavy atom. The SMILES string of the molecule is CCCCCCCC/C=C\CCCCCCCCO[C@H]1O[C@H](CO)[C@@H](O)[C@H](O)[C@@H]1NC(=O)C(F)(F)F. The molecule has 5 atom stereocenters. The van der Waals surface area contributed by atoms with Crippen molar-refractivity contribution in [2.75, 3.05) is 13.2 Å². The molecule has 1 heterocycles. The van der Waals surface area contributed by atoms with Gasteiger partial charge in [-0.05, 0) is 32.1 Å². The van der Waals surface area contributed by atoms with Gasteiger partial charge < -0.3 is 30.1 Å². The topological polar surface area (TPSA) is 108 Å². The quantitative estimate of drug-likeness (QED) is 0.146. The molecule has 1 fully saturated rings. The summed E-state index contributed by atoms with van der Waals surface area (Å²) in [7, 11) is 0. The van der Waals surface area contributed by atoms with E-state index in [4.69, 9.17) is 9.47 Å². The number of aliphatic hydroxyl groups is 3. The smallest absolute Gasteiger partial charge is 0.394 e. The van der Waals surface area contributed by atoms with Crippen LogP contribution in [0.1, 0.15) is 96.8 Å². The molecule has 36 heavy (non-hydrogen) atoms. The van der Waals surface area contributed by atoms with Crippen LogP contribution in [0, 0.1) is 0 Å². The fraction of sp³-hybridized carbons (Fsp3) is 0.885. The molecule has 1 rings (SSSR count). The predicted molar refractivity (Wildman–Crippen MR) is 131 cm³/mol. The third kappa shape index (κ3) is 13.4. The fourth-order valence-electron chi connectivity index (χ4n) is 4.16. The number of ether oxygens (including phenoxy) is 2. The van der Waals surface area contributed by atoms with Crippen molar-refractivity contribution in [1.82, 2.24) is 5.32 Å². The van der Waals surface area contributed by atoms with Gasteiger partial charge in [0.05, 0.1) is 6.61 Å². The highest BCUT2D eigenvalue weighted by atomic mass is 19.4. The van der Waals surface area contributed by atoms with Crippen LogP contribution in [0.25, 0.3) is 0 Å². The van der Waals surface area contributed by atoms with Crippen molar-refractivity contribution in [3.05, 3.63) is 12.2 Å². The van der Waals surface area contributed by atoms with E-state index in [1.807, 2.05) is 0 Å². The van der Waals surface area contributed by atoms with Crippen LogP contribution in [0.2, 0.25) is 0 Å². The number of aliphatic hydroxyl groups excluding tert-OH is 3. The van der Waals surface area contributed by atoms with Crippen molar-refractivity contribution in [1.29, 1.82) is 0 Å². The normalized spacial score (nSPS) is 24.9. The van der Waals surface area contributed by atoms with E-state index in [2.05, 4.69) is 19.1 Å². The van der Waals surface area contributed by atoms with E-state index in [1.54, 1.807) is 5.32 Å². The van der Waals surface area contributed by atoms with E-state index in [0.29, 0.717) is 6.42 Å². The van der Waals surface area contributed by atoms with Crippen LogP contribution in [0.5, 0.6) is 0 Å². The Balaban J connectivity index is 2.18. The minimum atomic E-state index is -5.16. The first-order valence-corrected chi connectivity index (χ1v) is 13.5. The summed E-state index contributed by atoms with van der Waals surface area (Å²) in [5.74, 6) is -2.27. The average Bonchev–Trinajstić information content (AvgIpc) is 2.84. The van der Waals surface area contributed by atoms with Crippen molar-refractivity contribution < 1.29 is 42.8 Å². The minimum absolute atomic E-state index is 0.144. The summed E-state index contributed by atoms with van der Waals surface area (Å²) in [5.41, 5.74) is 0. The molecule has 0 spiro atoms. The Morgan fingerprint density at radius 2 is 1.42 bits per heavy atom. The van der Waals surface area contributed by atoms with Crippen LogP contribution < -0.4 is 5.32 Å². The maximum atomic E-state index is 12.6. The number of allylic oxidation sites excluding steroid dienone is 2. The molecule has 7 nitrogen and oxygen atoms in total. The molecule has 1 aliphatic rings. The van der Waals surface area contributed by atoms with E-state index >= 15 is 0 Å². The first-order valence-electron chi connectivity index (χ1n) is 13.5. The van der Waals surface area contributed by atoms with Gasteiger partial charge in [0.15, 0.2) is 6.29 Å². The number of alkyl halides is 3. The molecule has 0 radical (unpaired) electrons. The second-order valence-electron chi connectivity index (χ2n) is 9.51. The molecule has 212 valence electrons. The highest BCUT2D eigenvalue weighted by Crippen LogP contribution is 2.24. The number of unbranched alkanes of at least 4 members (excludes halogenated alkanes) is 12. The van der Waals surface area contributed by atoms with Crippen LogP contribution >= 0.6 is 0 Å². The zero-order valence-corrected chi connectivity index (χ0v) is 21.6. The Labute approximate surface area is 213 Å². The number of amides is 1. The summed E-state index contributed by atoms with van der Waals surface area (Å²) < 4.78 is 48.7. The second-order valence-corrected chi connectivity index (χ2v) is 9.51. The summed E-state index contributed by atoms with van der Waals surface area (Å²) in [4.78, 5) is 11.3. The fourth-order valence-corrected chi connectivity index (χ4v) is 4.16. The third-order valence-corrected chi connectivity index (χ3v) is 6.37. The van der Waals surface area contributed by atoms with Gasteiger partial charge in [-0.25, -0.2) is 0 Å². The van der Waals surface area contributed by atoms with Crippen molar-refractivity contribution in [2.24, 2.45) is 0 Å². The number of hydrogen-bond donors (Lipinski definition) is 4. The van der Waals surface area contributed by atoms with Gasteiger partial charge in [0.1, 0.15) is 24.4 Å². The molecule has 0 aromatic heterocycles. The highest BCUT2D eigenvalue weighted by molar-refractivity contribution is 5.82. The molecule has 1 aliphatic heterocycles. The molecule has 0 aromatic rings. The molecule has 0 saturated carbocycles. The van der Waals surface area contributed by atoms with Crippen LogP contribution in [-0.4, -0.2) is 71.3 Å². The number of carbonyl (C=O) groups is 1. The Morgan fingerprint density at radius 1 is 0.889 bits per heavy atom. The van der Waals surface area contributed by atoms with Crippen molar-refractivity contribution in [3.8, 4) is 0 Å². The van der Waals surface area contributed by atoms with E-state index in [-0.39, 0.29) is 6.61 Å². The zero-order valence-electron chi connectivity index (χ0n) is 21.6. The highest BCUT2D eigenvalue weighted by Gasteiger charge is 2.49. The van der Waals surface area contributed by atoms with E-state index in [1.165, 1.54) is 38.5 Å². The number of nitrogens with one attached hydrogen (secondary N) is 1. The van der Waals surface area contributed by atoms with Gasteiger partial charge in [-0.1, -0.05) is 76.9 Å². The summed E-state index contributed by atoms with van der Waals surface area (Å²) in [6.07, 6.45) is 9.23. The van der Waals surface area contributed by atoms with Crippen LogP contribution in [0.15, 0.2) is 12.2 Å². The van der Waals surface area contributed by atoms with Gasteiger partial charge in [-0.15, -0.1) is 0 Å². The summed E-state index contributed by atoms with van der Waals surface area (Å²) in [6, 6.07) is -1.62. The van der Waals surface area contributed by atoms with Crippen molar-refractivity contribution in [3.63, 3.8) is 0 Å². The standard InChI is InChI=1S/C26H46F3NO6/c1-2-3-4-5-6-7-8-9-10-11-12-13-14-15-16-17-18-35-24-21(30-25(34)26(27,28)29)23(33)22(32)20(19-31)36-24/h9-10,20-24,31-33H,2-8,11-19H2,1H3,(H,30,34)/b10-9-/t20-,21+,22-,23-,24+/m1/s1. The van der Waals surface area contributed by atoms with Gasteiger partial charge >= 0.3 is 12.1 Å². The van der Waals surface area contributed by atoms with Gasteiger partial charge in [-0.3, -0.25) is 4.79 Å². The summed E-state index contributed by atoms with van der Waals surface area (Å²) in [6.45, 7) is 1.71. The zero-order chi connectivity index (χ0) is 26.8. The van der Waals surface area contributed by atoms with E-state index < -0.39 is 49.3 Å². The van der Waals surface area contributed by atoms with Crippen LogP contribution in [-0.2, 0) is 14.3 Å². The lowest BCUT2D eigenvalue weighted by Crippen LogP contribution is -2.65. The van der Waals surface area contributed by atoms with Gasteiger partial charge in [0, 0.05) is 6.61 Å². The molecular formula is C26H46F3NO6. The van der Waals surface area contributed by atoms with Gasteiger partial charge in [0.25, 0.3) is 0 Å². The van der Waals surface area contributed by atoms with Gasteiger partial charge in [-0.2, -0.15) is 13.2 Å². The lowest BCUT2D eigenvalue weighted by molar-refractivity contribution is -0.272. The van der Waals surface area contributed by atoms with E-state index in [9.17, 15) is 33.3 Å². The number of halogens is 3. The number of hydrogen-bond acceptors (Lipinski definition) is 6. The first kappa shape index (κ1) is 32.8. The monoisotopic (exact) mass is 525 g/mol. The maximum Gasteiger partial charge on any atom is 0.471 e. The molecule has 0 unspecified atom stereocenters. The third-order valence-electron chi connectivity index (χ3n) is 6.37. The number of rotatable bonds is 19. The molecular weight excluding hydrogens is 479 g/mol. The van der Waals surface area contributed by atoms with Crippen LogP contribution in [0.3, 0.4) is 0 Å². The molecule has 4 N–H and O–H groups in total. The Hall–Kier alpha value is -1.20. The first-order chi connectivity index (χ1) is 17.2.